The Morgan fingerprint density at radius 3 is 1.47 bits per heavy atom. The Hall–Kier alpha value is -3.70. The molecule has 0 aromatic heterocycles. The molecule has 2 saturated heterocycles. The number of hydrogen-bond acceptors (Lipinski definition) is 8. The largest absolute Gasteiger partial charge is 0.461 e. The Balaban J connectivity index is 1.62. The molecule has 198 valence electrons. The molecular weight excluding hydrogens is 472 g/mol. The molecule has 6 amide bonds. The van der Waals surface area contributed by atoms with Crippen LogP contribution < -0.4 is 10.6 Å². The van der Waals surface area contributed by atoms with E-state index in [2.05, 4.69) is 23.8 Å². The van der Waals surface area contributed by atoms with Gasteiger partial charge in [-0.2, -0.15) is 0 Å². The van der Waals surface area contributed by atoms with Crippen molar-refractivity contribution in [3.05, 3.63) is 25.3 Å². The van der Waals surface area contributed by atoms with Gasteiger partial charge in [0.1, 0.15) is 25.3 Å². The highest BCUT2D eigenvalue weighted by Crippen LogP contribution is 2.15. The number of nitrogens with zero attached hydrogens (tertiary/aromatic N) is 2. The van der Waals surface area contributed by atoms with Crippen molar-refractivity contribution in [2.24, 2.45) is 0 Å². The van der Waals surface area contributed by atoms with Crippen molar-refractivity contribution in [3.63, 3.8) is 0 Å². The van der Waals surface area contributed by atoms with Crippen LogP contribution in [0.2, 0.25) is 0 Å². The molecule has 2 unspecified atom stereocenters. The van der Waals surface area contributed by atoms with Crippen LogP contribution in [-0.2, 0) is 28.7 Å². The van der Waals surface area contributed by atoms with Gasteiger partial charge in [-0.3, -0.25) is 29.0 Å². The van der Waals surface area contributed by atoms with Gasteiger partial charge in [-0.15, -0.1) is 0 Å². The Morgan fingerprint density at radius 1 is 0.722 bits per heavy atom. The molecule has 0 aliphatic carbocycles. The number of amides is 6. The lowest BCUT2D eigenvalue weighted by molar-refractivity contribution is -0.143. The number of urea groups is 2. The predicted molar refractivity (Wildman–Crippen MR) is 127 cm³/mol. The third kappa shape index (κ3) is 8.51. The lowest BCUT2D eigenvalue weighted by Crippen LogP contribution is -2.33. The highest BCUT2D eigenvalue weighted by Gasteiger charge is 2.38. The summed E-state index contributed by atoms with van der Waals surface area (Å²) in [6.45, 7) is 7.59. The van der Waals surface area contributed by atoms with Gasteiger partial charge in [0.05, 0.1) is 0 Å². The van der Waals surface area contributed by atoms with Crippen LogP contribution in [0.5, 0.6) is 0 Å². The molecule has 2 heterocycles. The Morgan fingerprint density at radius 2 is 1.11 bits per heavy atom. The molecule has 12 heteroatoms. The number of unbranched alkanes of at least 4 members (excludes halogenated alkanes) is 3. The summed E-state index contributed by atoms with van der Waals surface area (Å²) in [4.78, 5) is 74.5. The lowest BCUT2D eigenvalue weighted by Gasteiger charge is -2.14. The van der Waals surface area contributed by atoms with Crippen molar-refractivity contribution in [2.75, 3.05) is 26.3 Å². The topological polar surface area (TPSA) is 151 Å². The van der Waals surface area contributed by atoms with E-state index >= 15 is 0 Å². The third-order valence-electron chi connectivity index (χ3n) is 5.73. The van der Waals surface area contributed by atoms with E-state index in [9.17, 15) is 28.8 Å². The molecule has 2 aliphatic heterocycles. The summed E-state index contributed by atoms with van der Waals surface area (Å²) in [6, 6.07) is -2.46. The molecule has 36 heavy (non-hydrogen) atoms. The lowest BCUT2D eigenvalue weighted by atomic mass is 10.1. The van der Waals surface area contributed by atoms with E-state index in [-0.39, 0.29) is 63.8 Å². The zero-order valence-electron chi connectivity index (χ0n) is 20.4. The van der Waals surface area contributed by atoms with Gasteiger partial charge in [-0.1, -0.05) is 38.2 Å². The first kappa shape index (κ1) is 28.5. The SMILES string of the molecule is C=CCOC(=O)CCC1NC(=O)N(CCCCCCN2C(=O)NC(CCC(=O)OCC=C)C2=O)C1=O. The minimum atomic E-state index is -0.745. The van der Waals surface area contributed by atoms with E-state index in [0.717, 1.165) is 9.80 Å². The van der Waals surface area contributed by atoms with Crippen LogP contribution in [0.1, 0.15) is 51.4 Å². The summed E-state index contributed by atoms with van der Waals surface area (Å²) in [5.74, 6) is -1.65. The third-order valence-corrected chi connectivity index (χ3v) is 5.73. The monoisotopic (exact) mass is 506 g/mol. The van der Waals surface area contributed by atoms with Gasteiger partial charge in [-0.05, 0) is 25.7 Å². The number of nitrogens with one attached hydrogen (secondary N) is 2. The zero-order chi connectivity index (χ0) is 26.5. The summed E-state index contributed by atoms with van der Waals surface area (Å²) in [7, 11) is 0. The van der Waals surface area contributed by atoms with E-state index in [1.807, 2.05) is 0 Å². The second-order valence-electron chi connectivity index (χ2n) is 8.42. The first-order valence-corrected chi connectivity index (χ1v) is 12.0. The second-order valence-corrected chi connectivity index (χ2v) is 8.42. The summed E-state index contributed by atoms with van der Waals surface area (Å²) < 4.78 is 9.73. The fourth-order valence-corrected chi connectivity index (χ4v) is 3.83. The van der Waals surface area contributed by atoms with Gasteiger partial charge < -0.3 is 20.1 Å². The minimum Gasteiger partial charge on any atom is -0.461 e. The summed E-state index contributed by atoms with van der Waals surface area (Å²) in [6.07, 6.45) is 5.79. The van der Waals surface area contributed by atoms with Crippen LogP contribution in [-0.4, -0.2) is 84.0 Å². The molecule has 0 aromatic carbocycles. The quantitative estimate of drug-likeness (QED) is 0.130. The van der Waals surface area contributed by atoms with Crippen molar-refractivity contribution < 1.29 is 38.2 Å². The Bertz CT molecular complexity index is 804. The molecule has 0 aromatic rings. The highest BCUT2D eigenvalue weighted by atomic mass is 16.5. The molecule has 0 radical (unpaired) electrons. The van der Waals surface area contributed by atoms with Crippen LogP contribution in [0.4, 0.5) is 9.59 Å². The van der Waals surface area contributed by atoms with Crippen LogP contribution in [0.25, 0.3) is 0 Å². The molecule has 0 spiro atoms. The van der Waals surface area contributed by atoms with E-state index in [1.54, 1.807) is 0 Å². The number of rotatable bonds is 17. The number of ether oxygens (including phenoxy) is 2. The maximum atomic E-state index is 12.4. The average Bonchev–Trinajstić information content (AvgIpc) is 3.29. The molecule has 0 bridgehead atoms. The maximum absolute atomic E-state index is 12.4. The van der Waals surface area contributed by atoms with E-state index < -0.39 is 36.1 Å². The van der Waals surface area contributed by atoms with Crippen molar-refractivity contribution in [1.29, 1.82) is 0 Å². The van der Waals surface area contributed by atoms with Gasteiger partial charge in [0.2, 0.25) is 0 Å². The van der Waals surface area contributed by atoms with Gasteiger partial charge in [-0.25, -0.2) is 9.59 Å². The average molecular weight is 507 g/mol. The molecule has 2 aliphatic rings. The van der Waals surface area contributed by atoms with E-state index in [4.69, 9.17) is 9.47 Å². The van der Waals surface area contributed by atoms with Crippen LogP contribution in [0, 0.1) is 0 Å². The molecule has 12 nitrogen and oxygen atoms in total. The molecule has 2 atom stereocenters. The Labute approximate surface area is 210 Å². The first-order valence-electron chi connectivity index (χ1n) is 12.0. The fourth-order valence-electron chi connectivity index (χ4n) is 3.83. The van der Waals surface area contributed by atoms with Gasteiger partial charge >= 0.3 is 24.0 Å². The summed E-state index contributed by atoms with van der Waals surface area (Å²) in [5, 5.41) is 5.17. The van der Waals surface area contributed by atoms with Crippen molar-refractivity contribution in [3.8, 4) is 0 Å². The van der Waals surface area contributed by atoms with E-state index in [0.29, 0.717) is 25.7 Å². The van der Waals surface area contributed by atoms with Crippen LogP contribution >= 0.6 is 0 Å². The first-order chi connectivity index (χ1) is 17.3. The van der Waals surface area contributed by atoms with Crippen molar-refractivity contribution >= 4 is 35.8 Å². The van der Waals surface area contributed by atoms with Crippen molar-refractivity contribution in [1.82, 2.24) is 20.4 Å². The van der Waals surface area contributed by atoms with Crippen molar-refractivity contribution in [2.45, 2.75) is 63.5 Å². The smallest absolute Gasteiger partial charge is 0.324 e. The second kappa shape index (κ2) is 14.6. The summed E-state index contributed by atoms with van der Waals surface area (Å²) in [5.41, 5.74) is 0. The minimum absolute atomic E-state index is 0.0153. The normalized spacial score (nSPS) is 19.2. The predicted octanol–water partition coefficient (Wildman–Crippen LogP) is 1.41. The molecule has 0 saturated carbocycles. The number of esters is 2. The maximum Gasteiger partial charge on any atom is 0.324 e. The van der Waals surface area contributed by atoms with Gasteiger partial charge in [0.15, 0.2) is 0 Å². The number of hydrogen-bond donors (Lipinski definition) is 2. The van der Waals surface area contributed by atoms with Gasteiger partial charge in [0.25, 0.3) is 11.8 Å². The molecule has 2 rings (SSSR count). The number of carbonyl (C=O) groups excluding carboxylic acids is 6. The van der Waals surface area contributed by atoms with Crippen LogP contribution in [0.15, 0.2) is 25.3 Å². The number of carbonyl (C=O) groups is 6. The summed E-state index contributed by atoms with van der Waals surface area (Å²) >= 11 is 0. The molecule has 2 fully saturated rings. The molecular formula is C24H34N4O8. The Kier molecular flexibility index (Phi) is 11.6. The van der Waals surface area contributed by atoms with Crippen LogP contribution in [0.3, 0.4) is 0 Å². The number of imide groups is 2. The standard InChI is InChI=1S/C24H34N4O8/c1-3-15-35-19(29)11-9-17-21(31)27(23(33)25-17)13-7-5-6-8-14-28-22(32)18(26-24(28)34)10-12-20(30)36-16-4-2/h3-4,17-18H,1-2,5-16H2,(H,25,33)(H,26,34). The van der Waals surface area contributed by atoms with Gasteiger partial charge in [0, 0.05) is 25.9 Å². The van der Waals surface area contributed by atoms with E-state index in [1.165, 1.54) is 12.2 Å². The highest BCUT2D eigenvalue weighted by molar-refractivity contribution is 6.04. The fraction of sp³-hybridized carbons (Fsp3) is 0.583. The molecule has 2 N–H and O–H groups in total. The zero-order valence-corrected chi connectivity index (χ0v) is 20.4.